The third-order valence-electron chi connectivity index (χ3n) is 9.82. The summed E-state index contributed by atoms with van der Waals surface area (Å²) < 4.78 is 0. The van der Waals surface area contributed by atoms with Crippen LogP contribution in [0.25, 0.3) is 0 Å². The van der Waals surface area contributed by atoms with E-state index in [1.165, 1.54) is 106 Å². The van der Waals surface area contributed by atoms with Crippen LogP contribution in [-0.2, 0) is 0 Å². The Morgan fingerprint density at radius 2 is 1.21 bits per heavy atom. The maximum absolute atomic E-state index is 2.62. The van der Waals surface area contributed by atoms with Crippen molar-refractivity contribution < 1.29 is 0 Å². The Kier molecular flexibility index (Phi) is 11.3. The van der Waals surface area contributed by atoms with Crippen LogP contribution in [0.15, 0.2) is 115 Å². The van der Waals surface area contributed by atoms with Gasteiger partial charge in [-0.1, -0.05) is 66.8 Å². The van der Waals surface area contributed by atoms with Crippen molar-refractivity contribution in [3.8, 4) is 0 Å². The highest BCUT2D eigenvalue weighted by Crippen LogP contribution is 2.50. The van der Waals surface area contributed by atoms with Gasteiger partial charge in [-0.3, -0.25) is 0 Å². The van der Waals surface area contributed by atoms with E-state index in [-0.39, 0.29) is 0 Å². The monoisotopic (exact) mass is 695 g/mol. The van der Waals surface area contributed by atoms with Crippen molar-refractivity contribution in [3.63, 3.8) is 0 Å². The van der Waals surface area contributed by atoms with E-state index < -0.39 is 0 Å². The second kappa shape index (κ2) is 16.0. The minimum absolute atomic E-state index is 0.763. The van der Waals surface area contributed by atoms with Crippen molar-refractivity contribution in [2.24, 2.45) is 5.92 Å². The lowest BCUT2D eigenvalue weighted by molar-refractivity contribution is 0.153. The first kappa shape index (κ1) is 33.9. The van der Waals surface area contributed by atoms with Gasteiger partial charge in [0, 0.05) is 70.3 Å². The van der Waals surface area contributed by atoms with Crippen molar-refractivity contribution in [1.29, 1.82) is 0 Å². The summed E-state index contributed by atoms with van der Waals surface area (Å²) in [5.74, 6) is 1.88. The predicted octanol–water partition coefficient (Wildman–Crippen LogP) is 9.28. The molecule has 0 aromatic heterocycles. The standard InChI is InChI=1S/C22H29N3S2.C18H20N2S/c1-3-26-18-9-10-22-20(17-18)25(19-7-4-5-8-21(19)27-22)12-6-11-24-15-13-23(2)14-16-24;1-19-11-10-14(12-19)13-20-15-6-2-4-8-17(15)21-18-9-5-3-7-16(18)20/h4-5,7-10,17H,3,6,11-16H2,1-2H3;2-9,14H,10-13H2,1H3. The molecule has 4 aromatic rings. The first-order valence-electron chi connectivity index (χ1n) is 17.6. The smallest absolute Gasteiger partial charge is 0.0564 e. The molecule has 8 heteroatoms. The minimum Gasteiger partial charge on any atom is -0.340 e. The lowest BCUT2D eigenvalue weighted by atomic mass is 10.1. The normalized spacial score (nSPS) is 19.2. The number of benzene rings is 4. The number of hydrogen-bond acceptors (Lipinski definition) is 8. The molecular weight excluding hydrogens is 647 g/mol. The molecular formula is C40H49N5S3. The Balaban J connectivity index is 0.000000156. The molecule has 1 unspecified atom stereocenters. The van der Waals surface area contributed by atoms with Gasteiger partial charge in [-0.15, -0.1) is 11.8 Å². The van der Waals surface area contributed by atoms with E-state index in [2.05, 4.69) is 137 Å². The van der Waals surface area contributed by atoms with E-state index in [0.29, 0.717) is 0 Å². The summed E-state index contributed by atoms with van der Waals surface area (Å²) in [4.78, 5) is 19.5. The number of piperazine rings is 1. The van der Waals surface area contributed by atoms with Gasteiger partial charge in [0.25, 0.3) is 0 Å². The van der Waals surface area contributed by atoms with Crippen LogP contribution in [0.3, 0.4) is 0 Å². The van der Waals surface area contributed by atoms with E-state index >= 15 is 0 Å². The summed E-state index contributed by atoms with van der Waals surface area (Å²) in [6, 6.07) is 33.4. The maximum atomic E-state index is 2.62. The molecule has 4 aliphatic heterocycles. The SMILES string of the molecule is CCSc1ccc2c(c1)N(CCCN1CCN(C)CC1)c1ccccc1S2.CN1CCC(CN2c3ccccc3Sc3ccccc32)C1. The van der Waals surface area contributed by atoms with Crippen LogP contribution < -0.4 is 9.80 Å². The van der Waals surface area contributed by atoms with Gasteiger partial charge in [-0.2, -0.15) is 0 Å². The first-order valence-corrected chi connectivity index (χ1v) is 20.2. The molecule has 0 bridgehead atoms. The number of anilines is 4. The molecule has 0 N–H and O–H groups in total. The van der Waals surface area contributed by atoms with E-state index in [1.54, 1.807) is 0 Å². The number of nitrogens with zero attached hydrogens (tertiary/aromatic N) is 5. The van der Waals surface area contributed by atoms with Gasteiger partial charge in [0.05, 0.1) is 22.7 Å². The fourth-order valence-electron chi connectivity index (χ4n) is 7.24. The van der Waals surface area contributed by atoms with Crippen LogP contribution in [0.5, 0.6) is 0 Å². The Labute approximate surface area is 301 Å². The fraction of sp³-hybridized carbons (Fsp3) is 0.400. The Morgan fingerprint density at radius 3 is 1.79 bits per heavy atom. The molecule has 2 fully saturated rings. The maximum Gasteiger partial charge on any atom is 0.0564 e. The Morgan fingerprint density at radius 1 is 0.625 bits per heavy atom. The zero-order chi connectivity index (χ0) is 32.9. The number of likely N-dealkylation sites (N-methyl/N-ethyl adjacent to an activating group) is 1. The average Bonchev–Trinajstić information content (AvgIpc) is 3.53. The van der Waals surface area contributed by atoms with Crippen LogP contribution >= 0.6 is 35.3 Å². The van der Waals surface area contributed by atoms with Gasteiger partial charge >= 0.3 is 0 Å². The quantitative estimate of drug-likeness (QED) is 0.168. The third-order valence-corrected chi connectivity index (χ3v) is 13.0. The summed E-state index contributed by atoms with van der Waals surface area (Å²) in [5.41, 5.74) is 5.49. The molecule has 48 heavy (non-hydrogen) atoms. The Bertz CT molecular complexity index is 1630. The highest BCUT2D eigenvalue weighted by molar-refractivity contribution is 8.00. The largest absolute Gasteiger partial charge is 0.340 e. The van der Waals surface area contributed by atoms with Gasteiger partial charge in [-0.25, -0.2) is 0 Å². The van der Waals surface area contributed by atoms with Crippen molar-refractivity contribution in [2.75, 3.05) is 88.6 Å². The van der Waals surface area contributed by atoms with Crippen LogP contribution in [0.1, 0.15) is 19.8 Å². The van der Waals surface area contributed by atoms with Gasteiger partial charge < -0.3 is 24.5 Å². The molecule has 252 valence electrons. The summed E-state index contributed by atoms with van der Waals surface area (Å²) in [5, 5.41) is 0. The average molecular weight is 696 g/mol. The highest BCUT2D eigenvalue weighted by atomic mass is 32.2. The second-order valence-electron chi connectivity index (χ2n) is 13.3. The molecule has 1 atom stereocenters. The van der Waals surface area contributed by atoms with Crippen LogP contribution in [-0.4, -0.2) is 93.5 Å². The molecule has 0 radical (unpaired) electrons. The van der Waals surface area contributed by atoms with Crippen molar-refractivity contribution in [3.05, 3.63) is 91.0 Å². The van der Waals surface area contributed by atoms with E-state index in [4.69, 9.17) is 0 Å². The summed E-state index contributed by atoms with van der Waals surface area (Å²) >= 11 is 5.73. The molecule has 2 saturated heterocycles. The number of para-hydroxylation sites is 3. The van der Waals surface area contributed by atoms with E-state index in [0.717, 1.165) is 24.8 Å². The molecule has 5 nitrogen and oxygen atoms in total. The topological polar surface area (TPSA) is 16.2 Å². The lowest BCUT2D eigenvalue weighted by Crippen LogP contribution is -2.45. The summed E-state index contributed by atoms with van der Waals surface area (Å²) in [6.45, 7) is 12.9. The highest BCUT2D eigenvalue weighted by Gasteiger charge is 2.28. The van der Waals surface area contributed by atoms with Gasteiger partial charge in [0.15, 0.2) is 0 Å². The van der Waals surface area contributed by atoms with Crippen molar-refractivity contribution >= 4 is 58.0 Å². The second-order valence-corrected chi connectivity index (χ2v) is 16.9. The first-order chi connectivity index (χ1) is 23.6. The van der Waals surface area contributed by atoms with Gasteiger partial charge in [0.2, 0.25) is 0 Å². The molecule has 0 amide bonds. The molecule has 4 heterocycles. The number of fused-ring (bicyclic) bond motifs is 4. The Hall–Kier alpha value is -2.59. The molecule has 0 aliphatic carbocycles. The molecule has 0 spiro atoms. The zero-order valence-electron chi connectivity index (χ0n) is 28.7. The number of rotatable bonds is 8. The predicted molar refractivity (Wildman–Crippen MR) is 209 cm³/mol. The minimum atomic E-state index is 0.763. The van der Waals surface area contributed by atoms with Gasteiger partial charge in [-0.05, 0) is 106 Å². The zero-order valence-corrected chi connectivity index (χ0v) is 31.1. The summed E-state index contributed by atoms with van der Waals surface area (Å²) in [7, 11) is 4.45. The van der Waals surface area contributed by atoms with Crippen LogP contribution in [0.2, 0.25) is 0 Å². The molecule has 4 aromatic carbocycles. The van der Waals surface area contributed by atoms with Crippen LogP contribution in [0, 0.1) is 5.92 Å². The third kappa shape index (κ3) is 7.90. The number of hydrogen-bond donors (Lipinski definition) is 0. The van der Waals surface area contributed by atoms with Gasteiger partial charge in [0.1, 0.15) is 0 Å². The molecule has 4 aliphatic rings. The lowest BCUT2D eigenvalue weighted by Gasteiger charge is -2.35. The molecule has 8 rings (SSSR count). The summed E-state index contributed by atoms with van der Waals surface area (Å²) in [6.07, 6.45) is 2.51. The molecule has 0 saturated carbocycles. The van der Waals surface area contributed by atoms with Crippen molar-refractivity contribution in [2.45, 2.75) is 44.2 Å². The van der Waals surface area contributed by atoms with Crippen molar-refractivity contribution in [1.82, 2.24) is 14.7 Å². The number of likely N-dealkylation sites (tertiary alicyclic amines) is 1. The van der Waals surface area contributed by atoms with E-state index in [1.807, 2.05) is 35.3 Å². The number of thioether (sulfide) groups is 1. The van der Waals surface area contributed by atoms with E-state index in [9.17, 15) is 0 Å². The van der Waals surface area contributed by atoms with Crippen LogP contribution in [0.4, 0.5) is 22.7 Å². The fourth-order valence-corrected chi connectivity index (χ4v) is 10.1.